The maximum atomic E-state index is 9.29. The Balaban J connectivity index is 1.20. The fourth-order valence-corrected chi connectivity index (χ4v) is 2.87. The van der Waals surface area contributed by atoms with Crippen molar-refractivity contribution in [3.63, 3.8) is 0 Å². The van der Waals surface area contributed by atoms with Gasteiger partial charge in [0, 0.05) is 0 Å². The molecule has 4 aromatic rings. The molecule has 0 saturated heterocycles. The molecule has 7 nitrogen and oxygen atoms in total. The lowest BCUT2D eigenvalue weighted by Gasteiger charge is -2.01. The van der Waals surface area contributed by atoms with Crippen LogP contribution in [0.1, 0.15) is 22.3 Å². The molecule has 174 valence electrons. The summed E-state index contributed by atoms with van der Waals surface area (Å²) in [4.78, 5) is 16.1. The molecule has 4 aromatic carbocycles. The number of nitrogens with zero attached hydrogens (tertiary/aromatic N) is 3. The first-order valence-corrected chi connectivity index (χ1v) is 10.8. The Morgan fingerprint density at radius 2 is 1.00 bits per heavy atom. The molecule has 0 amide bonds. The second-order valence-corrected chi connectivity index (χ2v) is 7.37. The molecule has 1 N–H and O–H groups in total. The van der Waals surface area contributed by atoms with Crippen molar-refractivity contribution in [2.24, 2.45) is 15.5 Å². The van der Waals surface area contributed by atoms with Gasteiger partial charge in [0.15, 0.2) is 11.5 Å². The first-order valence-electron chi connectivity index (χ1n) is 10.8. The lowest BCUT2D eigenvalue weighted by Crippen LogP contribution is -1.90. The summed E-state index contributed by atoms with van der Waals surface area (Å²) in [5, 5.41) is 21.2. The standard InChI is InChI=1S/C28H23N3O4/c32-26-12-6-22(7-13-26)19-30-34-28-16-10-24(11-17-28)20-31-35-27-14-8-23(9-15-27)18-29-33-21-25-4-2-1-3-5-25/h1-20,32H,21H2/b29-18+,30-19+,31-20+. The van der Waals surface area contributed by atoms with E-state index in [1.54, 1.807) is 67.2 Å². The number of hydrogen-bond acceptors (Lipinski definition) is 7. The third kappa shape index (κ3) is 7.87. The topological polar surface area (TPSA) is 85.0 Å². The summed E-state index contributed by atoms with van der Waals surface area (Å²) in [7, 11) is 0. The van der Waals surface area contributed by atoms with Gasteiger partial charge in [0.1, 0.15) is 12.4 Å². The average molecular weight is 466 g/mol. The predicted octanol–water partition coefficient (Wildman–Crippen LogP) is 5.77. The summed E-state index contributed by atoms with van der Waals surface area (Å²) in [6.45, 7) is 0.424. The molecular formula is C28H23N3O4. The van der Waals surface area contributed by atoms with Gasteiger partial charge in [-0.1, -0.05) is 45.8 Å². The highest BCUT2D eigenvalue weighted by molar-refractivity contribution is 5.80. The van der Waals surface area contributed by atoms with Crippen LogP contribution in [0.5, 0.6) is 17.2 Å². The van der Waals surface area contributed by atoms with E-state index in [0.717, 1.165) is 22.3 Å². The van der Waals surface area contributed by atoms with Crippen LogP contribution in [0.15, 0.2) is 119 Å². The minimum atomic E-state index is 0.205. The van der Waals surface area contributed by atoms with Gasteiger partial charge >= 0.3 is 0 Å². The number of benzene rings is 4. The van der Waals surface area contributed by atoms with Gasteiger partial charge in [-0.15, -0.1) is 0 Å². The summed E-state index contributed by atoms with van der Waals surface area (Å²) in [6, 6.07) is 31.1. The minimum Gasteiger partial charge on any atom is -0.508 e. The van der Waals surface area contributed by atoms with Crippen LogP contribution in [0.25, 0.3) is 0 Å². The van der Waals surface area contributed by atoms with Crippen molar-refractivity contribution in [2.75, 3.05) is 0 Å². The van der Waals surface area contributed by atoms with Crippen molar-refractivity contribution < 1.29 is 19.6 Å². The van der Waals surface area contributed by atoms with Crippen LogP contribution in [0.3, 0.4) is 0 Å². The molecule has 0 aliphatic heterocycles. The van der Waals surface area contributed by atoms with Crippen molar-refractivity contribution in [2.45, 2.75) is 6.61 Å². The highest BCUT2D eigenvalue weighted by atomic mass is 16.6. The van der Waals surface area contributed by atoms with E-state index in [0.29, 0.717) is 18.1 Å². The molecule has 0 fully saturated rings. The van der Waals surface area contributed by atoms with E-state index in [9.17, 15) is 5.11 Å². The Morgan fingerprint density at radius 3 is 1.51 bits per heavy atom. The zero-order chi connectivity index (χ0) is 24.1. The molecule has 0 spiro atoms. The minimum absolute atomic E-state index is 0.205. The molecule has 7 heteroatoms. The summed E-state index contributed by atoms with van der Waals surface area (Å²) in [5.74, 6) is 1.39. The van der Waals surface area contributed by atoms with Crippen LogP contribution in [0, 0.1) is 0 Å². The van der Waals surface area contributed by atoms with Crippen molar-refractivity contribution in [1.82, 2.24) is 0 Å². The number of oxime groups is 3. The van der Waals surface area contributed by atoms with Gasteiger partial charge in [-0.2, -0.15) is 0 Å². The molecule has 0 aromatic heterocycles. The van der Waals surface area contributed by atoms with Crippen molar-refractivity contribution in [1.29, 1.82) is 0 Å². The summed E-state index contributed by atoms with van der Waals surface area (Å²) < 4.78 is 0. The quantitative estimate of drug-likeness (QED) is 0.238. The van der Waals surface area contributed by atoms with E-state index in [1.807, 2.05) is 54.6 Å². The Kier molecular flexibility index (Phi) is 8.21. The van der Waals surface area contributed by atoms with Gasteiger partial charge in [0.25, 0.3) is 0 Å². The first-order chi connectivity index (χ1) is 17.2. The van der Waals surface area contributed by atoms with Gasteiger partial charge < -0.3 is 19.6 Å². The van der Waals surface area contributed by atoms with Crippen molar-refractivity contribution in [3.8, 4) is 17.2 Å². The smallest absolute Gasteiger partial charge is 0.158 e. The molecule has 0 atom stereocenters. The van der Waals surface area contributed by atoms with Crippen LogP contribution in [0.2, 0.25) is 0 Å². The third-order valence-electron chi connectivity index (χ3n) is 4.72. The fraction of sp³-hybridized carbons (Fsp3) is 0.0357. The highest BCUT2D eigenvalue weighted by Crippen LogP contribution is 2.14. The monoisotopic (exact) mass is 465 g/mol. The lowest BCUT2D eigenvalue weighted by molar-refractivity contribution is 0.132. The summed E-state index contributed by atoms with van der Waals surface area (Å²) >= 11 is 0. The number of aromatic hydroxyl groups is 1. The number of phenolic OH excluding ortho intramolecular Hbond substituents is 1. The molecule has 0 bridgehead atoms. The summed E-state index contributed by atoms with van der Waals surface area (Å²) in [5.41, 5.74) is 3.62. The van der Waals surface area contributed by atoms with Crippen molar-refractivity contribution in [3.05, 3.63) is 125 Å². The fourth-order valence-electron chi connectivity index (χ4n) is 2.87. The first kappa shape index (κ1) is 23.3. The van der Waals surface area contributed by atoms with E-state index >= 15 is 0 Å². The molecule has 0 aliphatic carbocycles. The molecule has 0 unspecified atom stereocenters. The largest absolute Gasteiger partial charge is 0.508 e. The van der Waals surface area contributed by atoms with Gasteiger partial charge in [0.05, 0.1) is 18.6 Å². The second-order valence-electron chi connectivity index (χ2n) is 7.37. The molecular weight excluding hydrogens is 442 g/mol. The SMILES string of the molecule is Oc1ccc(/C=N/Oc2ccc(/C=N/Oc3ccc(/C=N/OCc4ccccc4)cc3)cc2)cc1. The predicted molar refractivity (Wildman–Crippen MR) is 136 cm³/mol. The van der Waals surface area contributed by atoms with Crippen molar-refractivity contribution >= 4 is 18.6 Å². The van der Waals surface area contributed by atoms with Gasteiger partial charge in [-0.05, 0) is 95.1 Å². The zero-order valence-corrected chi connectivity index (χ0v) is 18.8. The van der Waals surface area contributed by atoms with Crippen LogP contribution in [0.4, 0.5) is 0 Å². The number of hydrogen-bond donors (Lipinski definition) is 1. The van der Waals surface area contributed by atoms with E-state index in [-0.39, 0.29) is 5.75 Å². The average Bonchev–Trinajstić information content (AvgIpc) is 2.90. The normalized spacial score (nSPS) is 11.3. The van der Waals surface area contributed by atoms with E-state index in [2.05, 4.69) is 15.5 Å². The Morgan fingerprint density at radius 1 is 0.543 bits per heavy atom. The maximum Gasteiger partial charge on any atom is 0.158 e. The molecule has 0 heterocycles. The Labute approximate surface area is 203 Å². The van der Waals surface area contributed by atoms with Crippen LogP contribution >= 0.6 is 0 Å². The lowest BCUT2D eigenvalue weighted by atomic mass is 10.2. The summed E-state index contributed by atoms with van der Waals surface area (Å²) in [6.07, 6.45) is 4.82. The van der Waals surface area contributed by atoms with Crippen LogP contribution < -0.4 is 9.68 Å². The van der Waals surface area contributed by atoms with Crippen LogP contribution in [-0.4, -0.2) is 23.8 Å². The van der Waals surface area contributed by atoms with Gasteiger partial charge in [-0.3, -0.25) is 0 Å². The maximum absolute atomic E-state index is 9.29. The molecule has 0 radical (unpaired) electrons. The van der Waals surface area contributed by atoms with E-state index in [4.69, 9.17) is 14.5 Å². The zero-order valence-electron chi connectivity index (χ0n) is 18.8. The highest BCUT2D eigenvalue weighted by Gasteiger charge is 1.96. The molecule has 0 aliphatic rings. The Bertz CT molecular complexity index is 1270. The molecule has 35 heavy (non-hydrogen) atoms. The Hall–Kier alpha value is -4.91. The van der Waals surface area contributed by atoms with E-state index < -0.39 is 0 Å². The van der Waals surface area contributed by atoms with Gasteiger partial charge in [-0.25, -0.2) is 0 Å². The van der Waals surface area contributed by atoms with E-state index in [1.165, 1.54) is 0 Å². The number of rotatable bonds is 10. The van der Waals surface area contributed by atoms with Crippen LogP contribution in [-0.2, 0) is 11.4 Å². The molecule has 0 saturated carbocycles. The van der Waals surface area contributed by atoms with Gasteiger partial charge in [0.2, 0.25) is 0 Å². The molecule has 4 rings (SSSR count). The number of phenols is 1. The third-order valence-corrected chi connectivity index (χ3v) is 4.72. The second kappa shape index (κ2) is 12.4.